The van der Waals surface area contributed by atoms with Gasteiger partial charge in [-0.05, 0) is 39.5 Å². The molecule has 2 fully saturated rings. The fourth-order valence-corrected chi connectivity index (χ4v) is 2.10. The molecule has 1 N–H and O–H groups in total. The lowest BCUT2D eigenvalue weighted by Crippen LogP contribution is -2.52. The molecule has 2 aliphatic rings. The Morgan fingerprint density at radius 2 is 1.58 bits per heavy atom. The van der Waals surface area contributed by atoms with Crippen LogP contribution in [-0.4, -0.2) is 23.1 Å². The lowest BCUT2D eigenvalue weighted by atomic mass is 10.00. The van der Waals surface area contributed by atoms with E-state index in [0.29, 0.717) is 0 Å². The van der Waals surface area contributed by atoms with Gasteiger partial charge in [-0.1, -0.05) is 6.42 Å². The Labute approximate surface area is 75.3 Å². The van der Waals surface area contributed by atoms with E-state index in [1.54, 1.807) is 0 Å². The maximum absolute atomic E-state index is 3.63. The smallest absolute Gasteiger partial charge is 0.0218 e. The zero-order valence-corrected chi connectivity index (χ0v) is 8.21. The van der Waals surface area contributed by atoms with Crippen molar-refractivity contribution in [2.75, 3.05) is 0 Å². The van der Waals surface area contributed by atoms with E-state index < -0.39 is 0 Å². The standard InChI is InChI=1S/C10H20N2/c1-8-4-3-5-9(2)12(8)11-10-6-7-10/h8-11H,3-7H2,1-2H3. The van der Waals surface area contributed by atoms with Crippen molar-refractivity contribution in [2.24, 2.45) is 0 Å². The van der Waals surface area contributed by atoms with Gasteiger partial charge in [-0.3, -0.25) is 5.43 Å². The number of hydrogen-bond acceptors (Lipinski definition) is 2. The van der Waals surface area contributed by atoms with Crippen LogP contribution in [0.3, 0.4) is 0 Å². The normalized spacial score (nSPS) is 38.5. The summed E-state index contributed by atoms with van der Waals surface area (Å²) in [5.74, 6) is 0. The van der Waals surface area contributed by atoms with Crippen molar-refractivity contribution in [2.45, 2.75) is 64.1 Å². The van der Waals surface area contributed by atoms with Gasteiger partial charge in [0.15, 0.2) is 0 Å². The topological polar surface area (TPSA) is 15.3 Å². The van der Waals surface area contributed by atoms with Crippen LogP contribution in [-0.2, 0) is 0 Å². The zero-order chi connectivity index (χ0) is 8.55. The molecule has 0 aromatic rings. The van der Waals surface area contributed by atoms with Gasteiger partial charge in [0.25, 0.3) is 0 Å². The summed E-state index contributed by atoms with van der Waals surface area (Å²) in [7, 11) is 0. The fourth-order valence-electron chi connectivity index (χ4n) is 2.10. The lowest BCUT2D eigenvalue weighted by Gasteiger charge is -2.39. The van der Waals surface area contributed by atoms with Crippen LogP contribution in [0.5, 0.6) is 0 Å². The Balaban J connectivity index is 1.88. The van der Waals surface area contributed by atoms with Gasteiger partial charge in [0, 0.05) is 18.1 Å². The number of nitrogens with one attached hydrogen (secondary N) is 1. The van der Waals surface area contributed by atoms with E-state index in [0.717, 1.165) is 18.1 Å². The van der Waals surface area contributed by atoms with Gasteiger partial charge in [0.1, 0.15) is 0 Å². The van der Waals surface area contributed by atoms with Gasteiger partial charge in [-0.25, -0.2) is 5.01 Å². The molecule has 0 radical (unpaired) electrons. The highest BCUT2D eigenvalue weighted by Crippen LogP contribution is 2.25. The molecule has 0 aromatic heterocycles. The van der Waals surface area contributed by atoms with E-state index in [9.17, 15) is 0 Å². The molecule has 2 nitrogen and oxygen atoms in total. The highest BCUT2D eigenvalue weighted by Gasteiger charge is 2.30. The van der Waals surface area contributed by atoms with Crippen molar-refractivity contribution in [3.8, 4) is 0 Å². The van der Waals surface area contributed by atoms with Crippen LogP contribution in [0.15, 0.2) is 0 Å². The predicted octanol–water partition coefficient (Wildman–Crippen LogP) is 1.92. The Morgan fingerprint density at radius 3 is 2.08 bits per heavy atom. The summed E-state index contributed by atoms with van der Waals surface area (Å²) >= 11 is 0. The molecule has 2 atom stereocenters. The molecule has 0 bridgehead atoms. The summed E-state index contributed by atoms with van der Waals surface area (Å²) in [6.07, 6.45) is 6.91. The third-order valence-corrected chi connectivity index (χ3v) is 3.10. The van der Waals surface area contributed by atoms with Crippen LogP contribution in [0.25, 0.3) is 0 Å². The van der Waals surface area contributed by atoms with Gasteiger partial charge in [0.2, 0.25) is 0 Å². The van der Waals surface area contributed by atoms with Crippen molar-refractivity contribution in [1.82, 2.24) is 10.4 Å². The summed E-state index contributed by atoms with van der Waals surface area (Å²) < 4.78 is 0. The second-order valence-electron chi connectivity index (χ2n) is 4.44. The summed E-state index contributed by atoms with van der Waals surface area (Å²) in [5, 5.41) is 2.49. The number of nitrogens with zero attached hydrogens (tertiary/aromatic N) is 1. The molecule has 1 heterocycles. The number of hydrogen-bond donors (Lipinski definition) is 1. The maximum Gasteiger partial charge on any atom is 0.0218 e. The summed E-state index contributed by atoms with van der Waals surface area (Å²) in [5.41, 5.74) is 3.63. The van der Waals surface area contributed by atoms with Crippen molar-refractivity contribution < 1.29 is 0 Å². The maximum atomic E-state index is 3.63. The Kier molecular flexibility index (Phi) is 2.37. The quantitative estimate of drug-likeness (QED) is 0.677. The number of piperidine rings is 1. The first-order chi connectivity index (χ1) is 5.77. The van der Waals surface area contributed by atoms with Crippen LogP contribution in [0.4, 0.5) is 0 Å². The monoisotopic (exact) mass is 168 g/mol. The Hall–Kier alpha value is -0.0800. The summed E-state index contributed by atoms with van der Waals surface area (Å²) in [6.45, 7) is 4.68. The Morgan fingerprint density at radius 1 is 1.00 bits per heavy atom. The molecule has 0 spiro atoms. The van der Waals surface area contributed by atoms with Crippen LogP contribution < -0.4 is 5.43 Å². The van der Waals surface area contributed by atoms with Gasteiger partial charge >= 0.3 is 0 Å². The minimum absolute atomic E-state index is 0.745. The highest BCUT2D eigenvalue weighted by molar-refractivity contribution is 4.84. The molecule has 1 aliphatic carbocycles. The van der Waals surface area contributed by atoms with Crippen molar-refractivity contribution >= 4 is 0 Å². The van der Waals surface area contributed by atoms with Crippen molar-refractivity contribution in [1.29, 1.82) is 0 Å². The van der Waals surface area contributed by atoms with Crippen LogP contribution in [0.2, 0.25) is 0 Å². The van der Waals surface area contributed by atoms with Crippen LogP contribution >= 0.6 is 0 Å². The van der Waals surface area contributed by atoms with E-state index in [2.05, 4.69) is 24.3 Å². The van der Waals surface area contributed by atoms with Gasteiger partial charge < -0.3 is 0 Å². The minimum Gasteiger partial charge on any atom is -0.252 e. The molecule has 2 rings (SSSR count). The molecular formula is C10H20N2. The number of hydrazine groups is 1. The molecule has 70 valence electrons. The Bertz CT molecular complexity index is 144. The molecule has 1 saturated carbocycles. The highest BCUT2D eigenvalue weighted by atomic mass is 15.5. The minimum atomic E-state index is 0.745. The molecule has 1 aliphatic heterocycles. The van der Waals surface area contributed by atoms with Gasteiger partial charge in [-0.2, -0.15) is 0 Å². The third-order valence-electron chi connectivity index (χ3n) is 3.10. The van der Waals surface area contributed by atoms with E-state index in [4.69, 9.17) is 0 Å². The predicted molar refractivity (Wildman–Crippen MR) is 50.8 cm³/mol. The van der Waals surface area contributed by atoms with E-state index >= 15 is 0 Å². The second kappa shape index (κ2) is 3.35. The van der Waals surface area contributed by atoms with Crippen LogP contribution in [0.1, 0.15) is 46.0 Å². The molecular weight excluding hydrogens is 148 g/mol. The van der Waals surface area contributed by atoms with Crippen LogP contribution in [0, 0.1) is 0 Å². The lowest BCUT2D eigenvalue weighted by molar-refractivity contribution is 0.0434. The summed E-state index contributed by atoms with van der Waals surface area (Å²) in [6, 6.07) is 2.30. The van der Waals surface area contributed by atoms with Crippen molar-refractivity contribution in [3.05, 3.63) is 0 Å². The van der Waals surface area contributed by atoms with Gasteiger partial charge in [0.05, 0.1) is 0 Å². The fraction of sp³-hybridized carbons (Fsp3) is 1.00. The van der Waals surface area contributed by atoms with E-state index in [-0.39, 0.29) is 0 Å². The van der Waals surface area contributed by atoms with E-state index in [1.807, 2.05) is 0 Å². The zero-order valence-electron chi connectivity index (χ0n) is 8.21. The summed E-state index contributed by atoms with van der Waals surface area (Å²) in [4.78, 5) is 0. The molecule has 2 heteroatoms. The molecule has 0 amide bonds. The molecule has 1 saturated heterocycles. The first-order valence-corrected chi connectivity index (χ1v) is 5.32. The van der Waals surface area contributed by atoms with Gasteiger partial charge in [-0.15, -0.1) is 0 Å². The molecule has 2 unspecified atom stereocenters. The first kappa shape index (κ1) is 8.52. The average molecular weight is 168 g/mol. The molecule has 12 heavy (non-hydrogen) atoms. The second-order valence-corrected chi connectivity index (χ2v) is 4.44. The largest absolute Gasteiger partial charge is 0.252 e. The first-order valence-electron chi connectivity index (χ1n) is 5.32. The SMILES string of the molecule is CC1CCCC(C)N1NC1CC1. The van der Waals surface area contributed by atoms with E-state index in [1.165, 1.54) is 32.1 Å². The number of rotatable bonds is 2. The van der Waals surface area contributed by atoms with Crippen molar-refractivity contribution in [3.63, 3.8) is 0 Å². The average Bonchev–Trinajstić information content (AvgIpc) is 2.80. The third kappa shape index (κ3) is 1.80. The molecule has 0 aromatic carbocycles.